The molecule has 1 atom stereocenters. The average Bonchev–Trinajstić information content (AvgIpc) is 2.24. The molecule has 4 nitrogen and oxygen atoms in total. The molecular weight excluding hydrogens is 194 g/mol. The van der Waals surface area contributed by atoms with Crippen molar-refractivity contribution in [2.24, 2.45) is 0 Å². The van der Waals surface area contributed by atoms with E-state index >= 15 is 0 Å². The molecule has 0 bridgehead atoms. The highest BCUT2D eigenvalue weighted by atomic mass is 16.5. The van der Waals surface area contributed by atoms with Crippen LogP contribution in [0.1, 0.15) is 26.2 Å². The van der Waals surface area contributed by atoms with E-state index in [0.717, 1.165) is 0 Å². The standard InChI is InChI=1S/C11H19NO3/c1-3-8-15-9-6-11(14)12-7-5-10(13)4-2/h1,10,13H,4-9H2,2H3,(H,12,14). The Morgan fingerprint density at radius 3 is 3.00 bits per heavy atom. The average molecular weight is 213 g/mol. The lowest BCUT2D eigenvalue weighted by molar-refractivity contribution is -0.122. The first-order valence-corrected chi connectivity index (χ1v) is 5.16. The molecule has 0 heterocycles. The number of nitrogens with one attached hydrogen (secondary N) is 1. The molecule has 0 fully saturated rings. The van der Waals surface area contributed by atoms with Crippen molar-refractivity contribution in [3.8, 4) is 12.3 Å². The molecule has 0 aromatic carbocycles. The Morgan fingerprint density at radius 1 is 1.67 bits per heavy atom. The first-order valence-electron chi connectivity index (χ1n) is 5.16. The quantitative estimate of drug-likeness (QED) is 0.450. The van der Waals surface area contributed by atoms with Crippen LogP contribution in [-0.2, 0) is 9.53 Å². The smallest absolute Gasteiger partial charge is 0.222 e. The van der Waals surface area contributed by atoms with Crippen LogP contribution in [0.25, 0.3) is 0 Å². The van der Waals surface area contributed by atoms with Crippen LogP contribution >= 0.6 is 0 Å². The van der Waals surface area contributed by atoms with Gasteiger partial charge in [-0.15, -0.1) is 6.42 Å². The van der Waals surface area contributed by atoms with Crippen molar-refractivity contribution < 1.29 is 14.6 Å². The van der Waals surface area contributed by atoms with Crippen LogP contribution in [0, 0.1) is 12.3 Å². The van der Waals surface area contributed by atoms with E-state index in [9.17, 15) is 9.90 Å². The molecule has 0 aliphatic rings. The zero-order valence-corrected chi connectivity index (χ0v) is 9.16. The lowest BCUT2D eigenvalue weighted by Crippen LogP contribution is -2.27. The molecule has 0 aromatic heterocycles. The van der Waals surface area contributed by atoms with E-state index in [2.05, 4.69) is 11.2 Å². The number of amides is 1. The maximum absolute atomic E-state index is 11.2. The fourth-order valence-corrected chi connectivity index (χ4v) is 0.967. The number of hydrogen-bond acceptors (Lipinski definition) is 3. The van der Waals surface area contributed by atoms with E-state index in [0.29, 0.717) is 32.4 Å². The molecule has 86 valence electrons. The SMILES string of the molecule is C#CCOCCC(=O)NCCC(O)CC. The van der Waals surface area contributed by atoms with E-state index in [-0.39, 0.29) is 18.6 Å². The lowest BCUT2D eigenvalue weighted by atomic mass is 10.2. The highest BCUT2D eigenvalue weighted by molar-refractivity contribution is 5.75. The number of aliphatic hydroxyl groups is 1. The maximum Gasteiger partial charge on any atom is 0.222 e. The van der Waals surface area contributed by atoms with Crippen LogP contribution in [0.2, 0.25) is 0 Å². The summed E-state index contributed by atoms with van der Waals surface area (Å²) in [4.78, 5) is 11.2. The minimum absolute atomic E-state index is 0.0738. The van der Waals surface area contributed by atoms with Crippen molar-refractivity contribution in [2.75, 3.05) is 19.8 Å². The molecule has 4 heteroatoms. The van der Waals surface area contributed by atoms with E-state index in [4.69, 9.17) is 11.2 Å². The molecule has 0 aliphatic carbocycles. The third kappa shape index (κ3) is 9.26. The number of aliphatic hydroxyl groups excluding tert-OH is 1. The van der Waals surface area contributed by atoms with Crippen LogP contribution in [-0.4, -0.2) is 36.9 Å². The van der Waals surface area contributed by atoms with Gasteiger partial charge in [0.1, 0.15) is 6.61 Å². The van der Waals surface area contributed by atoms with E-state index < -0.39 is 0 Å². The second-order valence-electron chi connectivity index (χ2n) is 3.21. The van der Waals surface area contributed by atoms with Crippen molar-refractivity contribution in [3.63, 3.8) is 0 Å². The second-order valence-corrected chi connectivity index (χ2v) is 3.21. The van der Waals surface area contributed by atoms with E-state index in [1.165, 1.54) is 0 Å². The molecule has 0 aromatic rings. The molecule has 0 radical (unpaired) electrons. The van der Waals surface area contributed by atoms with Gasteiger partial charge in [0.15, 0.2) is 0 Å². The summed E-state index contributed by atoms with van der Waals surface area (Å²) in [5, 5.41) is 11.9. The van der Waals surface area contributed by atoms with Crippen LogP contribution in [0.4, 0.5) is 0 Å². The molecule has 2 N–H and O–H groups in total. The van der Waals surface area contributed by atoms with Gasteiger partial charge in [0.25, 0.3) is 0 Å². The third-order valence-electron chi connectivity index (χ3n) is 1.93. The van der Waals surface area contributed by atoms with Crippen LogP contribution in [0.15, 0.2) is 0 Å². The van der Waals surface area contributed by atoms with Gasteiger partial charge in [0.05, 0.1) is 19.1 Å². The van der Waals surface area contributed by atoms with Crippen molar-refractivity contribution >= 4 is 5.91 Å². The Balaban J connectivity index is 3.30. The third-order valence-corrected chi connectivity index (χ3v) is 1.93. The van der Waals surface area contributed by atoms with Crippen LogP contribution < -0.4 is 5.32 Å². The Morgan fingerprint density at radius 2 is 2.40 bits per heavy atom. The molecule has 15 heavy (non-hydrogen) atoms. The fourth-order valence-electron chi connectivity index (χ4n) is 0.967. The Hall–Kier alpha value is -1.05. The first-order chi connectivity index (χ1) is 7.20. The maximum atomic E-state index is 11.2. The molecular formula is C11H19NO3. The summed E-state index contributed by atoms with van der Waals surface area (Å²) in [7, 11) is 0. The van der Waals surface area contributed by atoms with Gasteiger partial charge in [0, 0.05) is 6.54 Å². The topological polar surface area (TPSA) is 58.6 Å². The molecule has 0 spiro atoms. The summed E-state index contributed by atoms with van der Waals surface area (Å²) >= 11 is 0. The predicted molar refractivity (Wildman–Crippen MR) is 58.2 cm³/mol. The van der Waals surface area contributed by atoms with Crippen molar-refractivity contribution in [1.82, 2.24) is 5.32 Å². The van der Waals surface area contributed by atoms with Gasteiger partial charge in [-0.2, -0.15) is 0 Å². The van der Waals surface area contributed by atoms with E-state index in [1.807, 2.05) is 6.92 Å². The summed E-state index contributed by atoms with van der Waals surface area (Å²) < 4.78 is 4.96. The molecule has 0 rings (SSSR count). The van der Waals surface area contributed by atoms with Crippen molar-refractivity contribution in [2.45, 2.75) is 32.3 Å². The second kappa shape index (κ2) is 9.50. The Bertz CT molecular complexity index is 210. The van der Waals surface area contributed by atoms with Crippen LogP contribution in [0.3, 0.4) is 0 Å². The van der Waals surface area contributed by atoms with Gasteiger partial charge < -0.3 is 15.2 Å². The number of terminal acetylenes is 1. The van der Waals surface area contributed by atoms with Gasteiger partial charge in [-0.05, 0) is 12.8 Å². The van der Waals surface area contributed by atoms with Gasteiger partial charge in [0.2, 0.25) is 5.91 Å². The van der Waals surface area contributed by atoms with Crippen molar-refractivity contribution in [3.05, 3.63) is 0 Å². The molecule has 1 amide bonds. The number of carbonyl (C=O) groups is 1. The van der Waals surface area contributed by atoms with Crippen molar-refractivity contribution in [1.29, 1.82) is 0 Å². The summed E-state index contributed by atoms with van der Waals surface area (Å²) in [6.07, 6.45) is 6.25. The van der Waals surface area contributed by atoms with Gasteiger partial charge in [-0.25, -0.2) is 0 Å². The van der Waals surface area contributed by atoms with Gasteiger partial charge in [-0.1, -0.05) is 12.8 Å². The van der Waals surface area contributed by atoms with Gasteiger partial charge in [-0.3, -0.25) is 4.79 Å². The van der Waals surface area contributed by atoms with Gasteiger partial charge >= 0.3 is 0 Å². The summed E-state index contributed by atoms with van der Waals surface area (Å²) in [5.41, 5.74) is 0. The zero-order chi connectivity index (χ0) is 11.5. The molecule has 0 saturated heterocycles. The molecule has 0 aliphatic heterocycles. The molecule has 0 saturated carbocycles. The van der Waals surface area contributed by atoms with E-state index in [1.54, 1.807) is 0 Å². The minimum Gasteiger partial charge on any atom is -0.393 e. The number of ether oxygens (including phenoxy) is 1. The highest BCUT2D eigenvalue weighted by Crippen LogP contribution is 1.94. The predicted octanol–water partition coefficient (Wildman–Crippen LogP) is 0.303. The molecule has 1 unspecified atom stereocenters. The zero-order valence-electron chi connectivity index (χ0n) is 9.16. The summed E-state index contributed by atoms with van der Waals surface area (Å²) in [6.45, 7) is 2.98. The highest BCUT2D eigenvalue weighted by Gasteiger charge is 2.03. The summed E-state index contributed by atoms with van der Waals surface area (Å²) in [6, 6.07) is 0. The van der Waals surface area contributed by atoms with Crippen LogP contribution in [0.5, 0.6) is 0 Å². The minimum atomic E-state index is -0.331. The Labute approximate surface area is 91.0 Å². The summed E-state index contributed by atoms with van der Waals surface area (Å²) in [5.74, 6) is 2.25. The fraction of sp³-hybridized carbons (Fsp3) is 0.727. The monoisotopic (exact) mass is 213 g/mol. The number of carbonyl (C=O) groups excluding carboxylic acids is 1. The normalized spacial score (nSPS) is 11.8. The largest absolute Gasteiger partial charge is 0.393 e. The number of hydrogen-bond donors (Lipinski definition) is 2. The first kappa shape index (κ1) is 13.9. The Kier molecular flexibility index (Phi) is 8.84. The number of rotatable bonds is 8. The lowest BCUT2D eigenvalue weighted by Gasteiger charge is -2.08.